The number of nitrogens with zero attached hydrogens (tertiary/aromatic N) is 3. The van der Waals surface area contributed by atoms with E-state index in [1.54, 1.807) is 37.3 Å². The Morgan fingerprint density at radius 3 is 2.62 bits per heavy atom. The molecule has 1 heterocycles. The van der Waals surface area contributed by atoms with E-state index in [2.05, 4.69) is 20.6 Å². The lowest BCUT2D eigenvalue weighted by molar-refractivity contribution is 0.0601. The third-order valence-corrected chi connectivity index (χ3v) is 3.51. The summed E-state index contributed by atoms with van der Waals surface area (Å²) in [6.07, 6.45) is 0. The molecular weight excluding hydrogens is 334 g/mol. The highest BCUT2D eigenvalue weighted by Crippen LogP contribution is 2.20. The molecule has 0 spiro atoms. The number of aryl methyl sites for hydroxylation is 1. The van der Waals surface area contributed by atoms with Gasteiger partial charge in [-0.25, -0.2) is 14.8 Å². The number of benzene rings is 1. The minimum Gasteiger partial charge on any atom is -0.465 e. The van der Waals surface area contributed by atoms with Crippen molar-refractivity contribution in [2.75, 3.05) is 39.6 Å². The molecule has 0 saturated heterocycles. The van der Waals surface area contributed by atoms with Gasteiger partial charge in [0.1, 0.15) is 5.69 Å². The Bertz CT molecular complexity index is 792. The molecule has 2 rings (SSSR count). The number of hydrogen-bond acceptors (Lipinski definition) is 7. The lowest BCUT2D eigenvalue weighted by atomic mass is 10.2. The summed E-state index contributed by atoms with van der Waals surface area (Å²) in [6.45, 7) is 3.02. The third-order valence-electron chi connectivity index (χ3n) is 3.51. The zero-order chi connectivity index (χ0) is 19.1. The van der Waals surface area contributed by atoms with Crippen LogP contribution in [-0.4, -0.2) is 61.0 Å². The van der Waals surface area contributed by atoms with Gasteiger partial charge in [-0.2, -0.15) is 0 Å². The number of aromatic nitrogens is 2. The highest BCUT2D eigenvalue weighted by atomic mass is 16.5. The smallest absolute Gasteiger partial charge is 0.339 e. The predicted molar refractivity (Wildman–Crippen MR) is 98.7 cm³/mol. The Hall–Kier alpha value is -3.00. The third kappa shape index (κ3) is 5.25. The summed E-state index contributed by atoms with van der Waals surface area (Å²) < 4.78 is 4.78. The largest absolute Gasteiger partial charge is 0.465 e. The number of carbonyl (C=O) groups excluding carboxylic acids is 2. The van der Waals surface area contributed by atoms with Crippen LogP contribution >= 0.6 is 0 Å². The molecule has 2 N–H and O–H groups in total. The van der Waals surface area contributed by atoms with Gasteiger partial charge in [-0.15, -0.1) is 0 Å². The second-order valence-electron chi connectivity index (χ2n) is 5.94. The first-order valence-corrected chi connectivity index (χ1v) is 8.13. The van der Waals surface area contributed by atoms with Crippen LogP contribution in [0.1, 0.15) is 26.5 Å². The molecule has 0 bridgehead atoms. The lowest BCUT2D eigenvalue weighted by Crippen LogP contribution is -2.32. The minimum atomic E-state index is -0.470. The summed E-state index contributed by atoms with van der Waals surface area (Å²) in [5, 5.41) is 5.80. The van der Waals surface area contributed by atoms with E-state index in [1.165, 1.54) is 7.11 Å². The number of para-hydroxylation sites is 1. The maximum Gasteiger partial charge on any atom is 0.339 e. The molecule has 1 aromatic carbocycles. The first kappa shape index (κ1) is 19.3. The van der Waals surface area contributed by atoms with E-state index < -0.39 is 5.97 Å². The average Bonchev–Trinajstić information content (AvgIpc) is 2.60. The van der Waals surface area contributed by atoms with Crippen LogP contribution in [0.4, 0.5) is 11.6 Å². The van der Waals surface area contributed by atoms with E-state index in [0.29, 0.717) is 23.5 Å². The number of carbonyl (C=O) groups is 2. The Kier molecular flexibility index (Phi) is 6.62. The summed E-state index contributed by atoms with van der Waals surface area (Å²) in [4.78, 5) is 34.7. The van der Waals surface area contributed by atoms with Gasteiger partial charge < -0.3 is 20.3 Å². The van der Waals surface area contributed by atoms with Crippen LogP contribution in [-0.2, 0) is 4.74 Å². The molecule has 1 amide bonds. The van der Waals surface area contributed by atoms with Gasteiger partial charge in [-0.1, -0.05) is 12.1 Å². The van der Waals surface area contributed by atoms with Crippen molar-refractivity contribution < 1.29 is 14.3 Å². The molecule has 0 aliphatic rings. The standard InChI is InChI=1S/C18H23N5O3/c1-12-11-15(16(24)19-9-10-23(2)3)22-18(20-12)21-14-8-6-5-7-13(14)17(25)26-4/h5-8,11H,9-10H2,1-4H3,(H,19,24)(H,20,21,22). The number of rotatable bonds is 7. The Morgan fingerprint density at radius 1 is 1.19 bits per heavy atom. The summed E-state index contributed by atoms with van der Waals surface area (Å²) in [6, 6.07) is 8.48. The lowest BCUT2D eigenvalue weighted by Gasteiger charge is -2.12. The van der Waals surface area contributed by atoms with E-state index in [1.807, 2.05) is 19.0 Å². The number of esters is 1. The maximum atomic E-state index is 12.3. The predicted octanol–water partition coefficient (Wildman–Crippen LogP) is 1.61. The van der Waals surface area contributed by atoms with Crippen molar-refractivity contribution in [1.82, 2.24) is 20.2 Å². The summed E-state index contributed by atoms with van der Waals surface area (Å²) in [5.41, 5.74) is 1.76. The average molecular weight is 357 g/mol. The number of nitrogens with one attached hydrogen (secondary N) is 2. The molecule has 0 atom stereocenters. The van der Waals surface area contributed by atoms with Crippen LogP contribution in [0, 0.1) is 6.92 Å². The van der Waals surface area contributed by atoms with Gasteiger partial charge in [0.15, 0.2) is 0 Å². The minimum absolute atomic E-state index is 0.235. The second kappa shape index (κ2) is 8.91. The Labute approximate surface area is 152 Å². The highest BCUT2D eigenvalue weighted by molar-refractivity contribution is 5.96. The summed E-state index contributed by atoms with van der Waals surface area (Å²) >= 11 is 0. The quantitative estimate of drug-likeness (QED) is 0.727. The SMILES string of the molecule is COC(=O)c1ccccc1Nc1nc(C)cc(C(=O)NCCN(C)C)n1. The first-order valence-electron chi connectivity index (χ1n) is 8.13. The molecule has 0 aliphatic heterocycles. The maximum absolute atomic E-state index is 12.3. The van der Waals surface area contributed by atoms with Crippen molar-refractivity contribution >= 4 is 23.5 Å². The molecule has 2 aromatic rings. The van der Waals surface area contributed by atoms with Crippen molar-refractivity contribution in [3.63, 3.8) is 0 Å². The number of anilines is 2. The van der Waals surface area contributed by atoms with Crippen LogP contribution in [0.5, 0.6) is 0 Å². The fourth-order valence-corrected chi connectivity index (χ4v) is 2.22. The van der Waals surface area contributed by atoms with Crippen molar-refractivity contribution in [3.8, 4) is 0 Å². The molecule has 0 saturated carbocycles. The van der Waals surface area contributed by atoms with E-state index in [4.69, 9.17) is 4.74 Å². The number of methoxy groups -OCH3 is 1. The summed E-state index contributed by atoms with van der Waals surface area (Å²) in [7, 11) is 5.18. The molecule has 0 radical (unpaired) electrons. The monoisotopic (exact) mass is 357 g/mol. The van der Waals surface area contributed by atoms with Gasteiger partial charge in [0.25, 0.3) is 5.91 Å². The van der Waals surface area contributed by atoms with Gasteiger partial charge in [0.05, 0.1) is 18.4 Å². The zero-order valence-corrected chi connectivity index (χ0v) is 15.4. The number of hydrogen-bond donors (Lipinski definition) is 2. The fraction of sp³-hybridized carbons (Fsp3) is 0.333. The molecule has 1 aromatic heterocycles. The molecular formula is C18H23N5O3. The van der Waals surface area contributed by atoms with E-state index >= 15 is 0 Å². The van der Waals surface area contributed by atoms with Gasteiger partial charge in [-0.05, 0) is 39.2 Å². The fourth-order valence-electron chi connectivity index (χ4n) is 2.22. The molecule has 0 unspecified atom stereocenters. The summed E-state index contributed by atoms with van der Waals surface area (Å²) in [5.74, 6) is -0.511. The number of likely N-dealkylation sites (N-methyl/N-ethyl adjacent to an activating group) is 1. The van der Waals surface area contributed by atoms with Crippen LogP contribution in [0.15, 0.2) is 30.3 Å². The number of amides is 1. The van der Waals surface area contributed by atoms with Gasteiger partial charge in [-0.3, -0.25) is 4.79 Å². The first-order chi connectivity index (χ1) is 12.4. The highest BCUT2D eigenvalue weighted by Gasteiger charge is 2.14. The van der Waals surface area contributed by atoms with Crippen molar-refractivity contribution in [2.45, 2.75) is 6.92 Å². The topological polar surface area (TPSA) is 96.4 Å². The van der Waals surface area contributed by atoms with E-state index in [0.717, 1.165) is 6.54 Å². The molecule has 138 valence electrons. The molecule has 26 heavy (non-hydrogen) atoms. The van der Waals surface area contributed by atoms with Crippen LogP contribution < -0.4 is 10.6 Å². The molecule has 8 heteroatoms. The van der Waals surface area contributed by atoms with Gasteiger partial charge >= 0.3 is 5.97 Å². The Balaban J connectivity index is 2.20. The van der Waals surface area contributed by atoms with Gasteiger partial charge in [0, 0.05) is 18.8 Å². The normalized spacial score (nSPS) is 10.5. The van der Waals surface area contributed by atoms with Crippen molar-refractivity contribution in [3.05, 3.63) is 47.3 Å². The van der Waals surface area contributed by atoms with E-state index in [-0.39, 0.29) is 17.5 Å². The van der Waals surface area contributed by atoms with Gasteiger partial charge in [0.2, 0.25) is 5.95 Å². The second-order valence-corrected chi connectivity index (χ2v) is 5.94. The number of ether oxygens (including phenoxy) is 1. The Morgan fingerprint density at radius 2 is 1.92 bits per heavy atom. The van der Waals surface area contributed by atoms with Crippen molar-refractivity contribution in [2.24, 2.45) is 0 Å². The molecule has 8 nitrogen and oxygen atoms in total. The van der Waals surface area contributed by atoms with Crippen LogP contribution in [0.2, 0.25) is 0 Å². The molecule has 0 fully saturated rings. The zero-order valence-electron chi connectivity index (χ0n) is 15.4. The van der Waals surface area contributed by atoms with Crippen LogP contribution in [0.3, 0.4) is 0 Å². The molecule has 0 aliphatic carbocycles. The van der Waals surface area contributed by atoms with Crippen LogP contribution in [0.25, 0.3) is 0 Å². The van der Waals surface area contributed by atoms with E-state index in [9.17, 15) is 9.59 Å². The van der Waals surface area contributed by atoms with Crippen molar-refractivity contribution in [1.29, 1.82) is 0 Å².